The fraction of sp³-hybridized carbons (Fsp3) is 0.400. The van der Waals surface area contributed by atoms with Gasteiger partial charge in [-0.15, -0.1) is 0 Å². The van der Waals surface area contributed by atoms with Crippen LogP contribution in [0.1, 0.15) is 12.1 Å². The molecule has 4 nitrogen and oxygen atoms in total. The van der Waals surface area contributed by atoms with E-state index in [0.29, 0.717) is 0 Å². The van der Waals surface area contributed by atoms with E-state index < -0.39 is 11.9 Å². The van der Waals surface area contributed by atoms with Gasteiger partial charge in [0.1, 0.15) is 5.82 Å². The first-order valence-electron chi connectivity index (χ1n) is 5.08. The Balaban J connectivity index is 2.39. The number of aromatic nitrogens is 1. The lowest BCUT2D eigenvalue weighted by Crippen LogP contribution is -2.29. The van der Waals surface area contributed by atoms with E-state index in [1.165, 1.54) is 17.0 Å². The molecule has 1 fully saturated rings. The number of nitrogens with two attached hydrogens (primary N) is 1. The van der Waals surface area contributed by atoms with Crippen LogP contribution < -0.4 is 10.6 Å². The van der Waals surface area contributed by atoms with Gasteiger partial charge >= 0.3 is 6.18 Å². The molecule has 1 aromatic heterocycles. The van der Waals surface area contributed by atoms with Crippen molar-refractivity contribution in [2.24, 2.45) is 5.73 Å². The van der Waals surface area contributed by atoms with Crippen LogP contribution in [0.3, 0.4) is 0 Å². The number of alkyl halides is 3. The van der Waals surface area contributed by atoms with E-state index in [-0.39, 0.29) is 35.2 Å². The Labute approximate surface area is 109 Å². The third-order valence-corrected chi connectivity index (χ3v) is 3.17. The van der Waals surface area contributed by atoms with Crippen molar-refractivity contribution in [2.75, 3.05) is 11.4 Å². The summed E-state index contributed by atoms with van der Waals surface area (Å²) in [5.41, 5.74) is 4.54. The Morgan fingerprint density at radius 2 is 2.11 bits per heavy atom. The first-order valence-corrected chi connectivity index (χ1v) is 5.88. The average molecular weight is 324 g/mol. The molecule has 2 heterocycles. The minimum atomic E-state index is -4.57. The van der Waals surface area contributed by atoms with Crippen LogP contribution in [0.5, 0.6) is 0 Å². The predicted molar refractivity (Wildman–Crippen MR) is 61.9 cm³/mol. The fourth-order valence-corrected chi connectivity index (χ4v) is 2.18. The topological polar surface area (TPSA) is 59.2 Å². The van der Waals surface area contributed by atoms with E-state index in [0.717, 1.165) is 0 Å². The van der Waals surface area contributed by atoms with E-state index in [4.69, 9.17) is 5.73 Å². The van der Waals surface area contributed by atoms with Crippen molar-refractivity contribution >= 4 is 27.7 Å². The van der Waals surface area contributed by atoms with Crippen LogP contribution in [-0.2, 0) is 11.0 Å². The van der Waals surface area contributed by atoms with Crippen LogP contribution >= 0.6 is 15.9 Å². The molecule has 1 unspecified atom stereocenters. The van der Waals surface area contributed by atoms with E-state index in [9.17, 15) is 18.0 Å². The highest BCUT2D eigenvalue weighted by atomic mass is 79.9. The molecule has 0 aliphatic carbocycles. The maximum Gasteiger partial charge on any atom is 0.434 e. The number of hydrogen-bond donors (Lipinski definition) is 1. The van der Waals surface area contributed by atoms with Crippen molar-refractivity contribution < 1.29 is 18.0 Å². The highest BCUT2D eigenvalue weighted by Crippen LogP contribution is 2.35. The zero-order valence-corrected chi connectivity index (χ0v) is 10.6. The summed E-state index contributed by atoms with van der Waals surface area (Å²) in [6.45, 7) is 0.185. The molecule has 2 N–H and O–H groups in total. The number of pyridine rings is 1. The maximum atomic E-state index is 12.7. The molecule has 1 saturated heterocycles. The summed E-state index contributed by atoms with van der Waals surface area (Å²) in [4.78, 5) is 16.2. The SMILES string of the molecule is NC1CC(=O)N(c2ccc(Br)c(C(F)(F)F)n2)C1. The summed E-state index contributed by atoms with van der Waals surface area (Å²) in [5, 5.41) is 0. The first-order chi connectivity index (χ1) is 8.29. The van der Waals surface area contributed by atoms with E-state index in [1.54, 1.807) is 0 Å². The third-order valence-electron chi connectivity index (χ3n) is 2.53. The normalized spacial score (nSPS) is 20.6. The monoisotopic (exact) mass is 323 g/mol. The molecule has 18 heavy (non-hydrogen) atoms. The number of rotatable bonds is 1. The molecular formula is C10H9BrF3N3O. The molecule has 0 saturated carbocycles. The number of anilines is 1. The second kappa shape index (κ2) is 4.51. The molecular weight excluding hydrogens is 315 g/mol. The Kier molecular flexibility index (Phi) is 3.33. The second-order valence-corrected chi connectivity index (χ2v) is 4.82. The molecule has 0 bridgehead atoms. The van der Waals surface area contributed by atoms with Gasteiger partial charge in [-0.25, -0.2) is 4.98 Å². The van der Waals surface area contributed by atoms with Gasteiger partial charge in [-0.3, -0.25) is 9.69 Å². The molecule has 98 valence electrons. The number of amides is 1. The van der Waals surface area contributed by atoms with Gasteiger partial charge in [0.15, 0.2) is 5.69 Å². The first kappa shape index (κ1) is 13.3. The van der Waals surface area contributed by atoms with Gasteiger partial charge in [-0.2, -0.15) is 13.2 Å². The standard InChI is InChI=1S/C10H9BrF3N3O/c11-6-1-2-7(16-9(6)10(12,13)14)17-4-5(15)3-8(17)18/h1-2,5H,3-4,15H2. The van der Waals surface area contributed by atoms with Gasteiger partial charge in [0.2, 0.25) is 5.91 Å². The van der Waals surface area contributed by atoms with Crippen molar-refractivity contribution in [1.82, 2.24) is 4.98 Å². The molecule has 2 rings (SSSR count). The zero-order chi connectivity index (χ0) is 13.5. The molecule has 0 aromatic carbocycles. The number of carbonyl (C=O) groups excluding carboxylic acids is 1. The summed E-state index contributed by atoms with van der Waals surface area (Å²) < 4.78 is 37.8. The quantitative estimate of drug-likeness (QED) is 0.859. The minimum Gasteiger partial charge on any atom is -0.326 e. The van der Waals surface area contributed by atoms with Crippen molar-refractivity contribution in [3.8, 4) is 0 Å². The lowest BCUT2D eigenvalue weighted by Gasteiger charge is -2.17. The molecule has 1 amide bonds. The second-order valence-electron chi connectivity index (χ2n) is 3.97. The molecule has 1 aliphatic heterocycles. The van der Waals surface area contributed by atoms with E-state index in [1.807, 2.05) is 0 Å². The fourth-order valence-electron chi connectivity index (χ4n) is 1.74. The Morgan fingerprint density at radius 3 is 2.61 bits per heavy atom. The summed E-state index contributed by atoms with van der Waals surface area (Å²) >= 11 is 2.79. The predicted octanol–water partition coefficient (Wildman–Crippen LogP) is 1.93. The minimum absolute atomic E-state index is 0.0246. The summed E-state index contributed by atoms with van der Waals surface area (Å²) in [6, 6.07) is 2.22. The van der Waals surface area contributed by atoms with Crippen molar-refractivity contribution in [1.29, 1.82) is 0 Å². The average Bonchev–Trinajstić information content (AvgIpc) is 2.57. The van der Waals surface area contributed by atoms with Crippen LogP contribution in [0.15, 0.2) is 16.6 Å². The van der Waals surface area contributed by atoms with Crippen LogP contribution in [0.2, 0.25) is 0 Å². The Bertz CT molecular complexity index is 492. The lowest BCUT2D eigenvalue weighted by atomic mass is 10.3. The van der Waals surface area contributed by atoms with Gasteiger partial charge in [0, 0.05) is 23.5 Å². The summed E-state index contributed by atoms with van der Waals surface area (Å²) in [6.07, 6.45) is -4.45. The molecule has 1 aliphatic rings. The van der Waals surface area contributed by atoms with Gasteiger partial charge < -0.3 is 5.73 Å². The number of nitrogens with zero attached hydrogens (tertiary/aromatic N) is 2. The zero-order valence-electron chi connectivity index (χ0n) is 9.04. The van der Waals surface area contributed by atoms with Gasteiger partial charge in [0.05, 0.1) is 0 Å². The smallest absolute Gasteiger partial charge is 0.326 e. The number of carbonyl (C=O) groups is 1. The van der Waals surface area contributed by atoms with Crippen LogP contribution in [-0.4, -0.2) is 23.5 Å². The van der Waals surface area contributed by atoms with Crippen molar-refractivity contribution in [3.63, 3.8) is 0 Å². The Morgan fingerprint density at radius 1 is 1.44 bits per heavy atom. The van der Waals surface area contributed by atoms with E-state index >= 15 is 0 Å². The van der Waals surface area contributed by atoms with Gasteiger partial charge in [-0.05, 0) is 28.1 Å². The molecule has 1 atom stereocenters. The third kappa shape index (κ3) is 2.49. The Hall–Kier alpha value is -1.15. The summed E-state index contributed by atoms with van der Waals surface area (Å²) in [5.74, 6) is -0.339. The van der Waals surface area contributed by atoms with E-state index in [2.05, 4.69) is 20.9 Å². The molecule has 8 heteroatoms. The van der Waals surface area contributed by atoms with Crippen molar-refractivity contribution in [3.05, 3.63) is 22.3 Å². The lowest BCUT2D eigenvalue weighted by molar-refractivity contribution is -0.141. The number of hydrogen-bond acceptors (Lipinski definition) is 3. The molecule has 0 spiro atoms. The summed E-state index contributed by atoms with van der Waals surface area (Å²) in [7, 11) is 0. The molecule has 0 radical (unpaired) electrons. The highest BCUT2D eigenvalue weighted by Gasteiger charge is 2.37. The maximum absolute atomic E-state index is 12.7. The highest BCUT2D eigenvalue weighted by molar-refractivity contribution is 9.10. The van der Waals surface area contributed by atoms with Crippen LogP contribution in [0.25, 0.3) is 0 Å². The van der Waals surface area contributed by atoms with Crippen LogP contribution in [0.4, 0.5) is 19.0 Å². The van der Waals surface area contributed by atoms with Crippen molar-refractivity contribution in [2.45, 2.75) is 18.6 Å². The molecule has 1 aromatic rings. The van der Waals surface area contributed by atoms with Crippen LogP contribution in [0, 0.1) is 0 Å². The largest absolute Gasteiger partial charge is 0.434 e. The van der Waals surface area contributed by atoms with Gasteiger partial charge in [0.25, 0.3) is 0 Å². The van der Waals surface area contributed by atoms with Gasteiger partial charge in [-0.1, -0.05) is 0 Å². The number of halogens is 4.